The Morgan fingerprint density at radius 3 is 2.50 bits per heavy atom. The second-order valence-corrected chi connectivity index (χ2v) is 6.66. The highest BCUT2D eigenvalue weighted by Gasteiger charge is 2.10. The minimum atomic E-state index is -0.684. The van der Waals surface area contributed by atoms with E-state index in [4.69, 9.17) is 14.2 Å². The zero-order valence-corrected chi connectivity index (χ0v) is 18.1. The Morgan fingerprint density at radius 2 is 1.80 bits per heavy atom. The zero-order valence-electron chi connectivity index (χ0n) is 18.1. The number of aliphatic imine (C=N–C) groups is 1. The molecule has 0 aromatic heterocycles. The van der Waals surface area contributed by atoms with E-state index < -0.39 is 6.10 Å². The van der Waals surface area contributed by atoms with Gasteiger partial charge in [0, 0.05) is 26.3 Å². The molecule has 0 bridgehead atoms. The van der Waals surface area contributed by atoms with Crippen LogP contribution in [0.4, 0.5) is 0 Å². The Bertz CT molecular complexity index is 765. The number of aliphatic hydroxyl groups is 1. The molecular weight excluding hydrogens is 382 g/mol. The van der Waals surface area contributed by atoms with Crippen LogP contribution in [0.2, 0.25) is 0 Å². The molecule has 30 heavy (non-hydrogen) atoms. The minimum absolute atomic E-state index is 0.326. The van der Waals surface area contributed by atoms with E-state index >= 15 is 0 Å². The summed E-state index contributed by atoms with van der Waals surface area (Å²) in [5, 5.41) is 17.1. The molecule has 164 valence electrons. The highest BCUT2D eigenvalue weighted by atomic mass is 16.5. The van der Waals surface area contributed by atoms with E-state index in [0.717, 1.165) is 29.8 Å². The van der Waals surface area contributed by atoms with Crippen molar-refractivity contribution in [2.75, 3.05) is 40.5 Å². The van der Waals surface area contributed by atoms with Gasteiger partial charge < -0.3 is 30.0 Å². The maximum Gasteiger partial charge on any atom is 0.191 e. The molecule has 0 saturated carbocycles. The van der Waals surface area contributed by atoms with Crippen molar-refractivity contribution in [1.82, 2.24) is 10.6 Å². The lowest BCUT2D eigenvalue weighted by Gasteiger charge is -2.17. The second-order valence-electron chi connectivity index (χ2n) is 6.66. The van der Waals surface area contributed by atoms with E-state index in [1.54, 1.807) is 14.2 Å². The van der Waals surface area contributed by atoms with Gasteiger partial charge in [0.15, 0.2) is 5.96 Å². The molecule has 0 radical (unpaired) electrons. The molecule has 0 heterocycles. The summed E-state index contributed by atoms with van der Waals surface area (Å²) >= 11 is 0. The predicted molar refractivity (Wildman–Crippen MR) is 119 cm³/mol. The maximum absolute atomic E-state index is 10.5. The Kier molecular flexibility index (Phi) is 10.5. The van der Waals surface area contributed by atoms with Gasteiger partial charge in [0.25, 0.3) is 0 Å². The molecule has 0 amide bonds. The average Bonchev–Trinajstić information content (AvgIpc) is 2.80. The van der Waals surface area contributed by atoms with Crippen LogP contribution in [0.15, 0.2) is 53.5 Å². The molecule has 7 nitrogen and oxygen atoms in total. The first-order valence-corrected chi connectivity index (χ1v) is 10.2. The van der Waals surface area contributed by atoms with Crippen LogP contribution in [0.25, 0.3) is 0 Å². The molecule has 2 rings (SSSR count). The quantitative estimate of drug-likeness (QED) is 0.281. The lowest BCUT2D eigenvalue weighted by atomic mass is 10.1. The number of guanidine groups is 1. The monoisotopic (exact) mass is 415 g/mol. The van der Waals surface area contributed by atoms with Gasteiger partial charge in [0.2, 0.25) is 0 Å². The fourth-order valence-electron chi connectivity index (χ4n) is 2.76. The van der Waals surface area contributed by atoms with Crippen molar-refractivity contribution in [3.05, 3.63) is 59.7 Å². The number of hydrogen-bond donors (Lipinski definition) is 3. The zero-order chi connectivity index (χ0) is 21.6. The molecule has 0 fully saturated rings. The molecule has 0 spiro atoms. The SMILES string of the molecule is CCOCCCNC(=NCc1ccc(OC)cc1)NCC(O)c1cccc(OC)c1. The van der Waals surface area contributed by atoms with Crippen LogP contribution in [0.1, 0.15) is 30.6 Å². The summed E-state index contributed by atoms with van der Waals surface area (Å²) < 4.78 is 15.8. The largest absolute Gasteiger partial charge is 0.497 e. The number of rotatable bonds is 12. The van der Waals surface area contributed by atoms with Crippen molar-refractivity contribution in [2.24, 2.45) is 4.99 Å². The first-order valence-electron chi connectivity index (χ1n) is 10.2. The van der Waals surface area contributed by atoms with Gasteiger partial charge in [0.05, 0.1) is 26.9 Å². The first-order chi connectivity index (χ1) is 14.7. The number of nitrogens with zero attached hydrogens (tertiary/aromatic N) is 1. The smallest absolute Gasteiger partial charge is 0.191 e. The summed E-state index contributed by atoms with van der Waals surface area (Å²) in [5.41, 5.74) is 1.85. The van der Waals surface area contributed by atoms with E-state index in [0.29, 0.717) is 38.0 Å². The number of benzene rings is 2. The number of aliphatic hydroxyl groups excluding tert-OH is 1. The molecule has 0 aliphatic heterocycles. The van der Waals surface area contributed by atoms with Gasteiger partial charge in [-0.2, -0.15) is 0 Å². The van der Waals surface area contributed by atoms with Gasteiger partial charge in [-0.3, -0.25) is 0 Å². The molecule has 0 saturated heterocycles. The minimum Gasteiger partial charge on any atom is -0.497 e. The second kappa shape index (κ2) is 13.5. The standard InChI is InChI=1S/C23H33N3O4/c1-4-30-14-6-13-24-23(25-16-18-9-11-20(28-2)12-10-18)26-17-22(27)19-7-5-8-21(15-19)29-3/h5,7-12,15,22,27H,4,6,13-14,16-17H2,1-3H3,(H2,24,25,26). The number of ether oxygens (including phenoxy) is 3. The van der Waals surface area contributed by atoms with E-state index in [1.807, 2.05) is 55.5 Å². The normalized spacial score (nSPS) is 12.3. The Hall–Kier alpha value is -2.77. The fourth-order valence-corrected chi connectivity index (χ4v) is 2.76. The Labute approximate surface area is 179 Å². The van der Waals surface area contributed by atoms with E-state index in [-0.39, 0.29) is 0 Å². The van der Waals surface area contributed by atoms with Crippen molar-refractivity contribution in [1.29, 1.82) is 0 Å². The van der Waals surface area contributed by atoms with Crippen molar-refractivity contribution in [2.45, 2.75) is 26.0 Å². The number of methoxy groups -OCH3 is 2. The van der Waals surface area contributed by atoms with Gasteiger partial charge in [-0.15, -0.1) is 0 Å². The van der Waals surface area contributed by atoms with Crippen molar-refractivity contribution >= 4 is 5.96 Å². The third-order valence-corrected chi connectivity index (χ3v) is 4.48. The fraction of sp³-hybridized carbons (Fsp3) is 0.435. The summed E-state index contributed by atoms with van der Waals surface area (Å²) in [4.78, 5) is 4.64. The van der Waals surface area contributed by atoms with Crippen LogP contribution >= 0.6 is 0 Å². The van der Waals surface area contributed by atoms with Gasteiger partial charge in [0.1, 0.15) is 11.5 Å². The van der Waals surface area contributed by atoms with Gasteiger partial charge >= 0.3 is 0 Å². The summed E-state index contributed by atoms with van der Waals surface area (Å²) in [6, 6.07) is 15.2. The third kappa shape index (κ3) is 8.31. The van der Waals surface area contributed by atoms with Crippen molar-refractivity contribution < 1.29 is 19.3 Å². The molecule has 2 aromatic rings. The van der Waals surface area contributed by atoms with Gasteiger partial charge in [-0.05, 0) is 48.7 Å². The van der Waals surface area contributed by atoms with Crippen LogP contribution in [0, 0.1) is 0 Å². The Morgan fingerprint density at radius 1 is 1.03 bits per heavy atom. The van der Waals surface area contributed by atoms with E-state index in [9.17, 15) is 5.11 Å². The lowest BCUT2D eigenvalue weighted by molar-refractivity contribution is 0.145. The maximum atomic E-state index is 10.5. The highest BCUT2D eigenvalue weighted by Crippen LogP contribution is 2.18. The average molecular weight is 416 g/mol. The van der Waals surface area contributed by atoms with Gasteiger partial charge in [-0.1, -0.05) is 24.3 Å². The van der Waals surface area contributed by atoms with E-state index in [1.165, 1.54) is 0 Å². The lowest BCUT2D eigenvalue weighted by Crippen LogP contribution is -2.40. The van der Waals surface area contributed by atoms with Crippen LogP contribution in [0.3, 0.4) is 0 Å². The van der Waals surface area contributed by atoms with E-state index in [2.05, 4.69) is 15.6 Å². The molecule has 0 aliphatic carbocycles. The molecule has 1 unspecified atom stereocenters. The van der Waals surface area contributed by atoms with Gasteiger partial charge in [-0.25, -0.2) is 4.99 Å². The number of nitrogens with one attached hydrogen (secondary N) is 2. The van der Waals surface area contributed by atoms with Crippen LogP contribution < -0.4 is 20.1 Å². The van der Waals surface area contributed by atoms with Crippen LogP contribution in [0.5, 0.6) is 11.5 Å². The topological polar surface area (TPSA) is 84.3 Å². The summed E-state index contributed by atoms with van der Waals surface area (Å²) in [6.07, 6.45) is 0.187. The molecule has 3 N–H and O–H groups in total. The Balaban J connectivity index is 1.96. The summed E-state index contributed by atoms with van der Waals surface area (Å²) in [7, 11) is 3.26. The summed E-state index contributed by atoms with van der Waals surface area (Å²) in [5.74, 6) is 2.18. The summed E-state index contributed by atoms with van der Waals surface area (Å²) in [6.45, 7) is 4.96. The third-order valence-electron chi connectivity index (χ3n) is 4.48. The molecule has 2 aromatic carbocycles. The van der Waals surface area contributed by atoms with Crippen LogP contribution in [-0.4, -0.2) is 51.6 Å². The molecule has 7 heteroatoms. The van der Waals surface area contributed by atoms with Crippen molar-refractivity contribution in [3.8, 4) is 11.5 Å². The molecular formula is C23H33N3O4. The first kappa shape index (κ1) is 23.5. The van der Waals surface area contributed by atoms with Crippen molar-refractivity contribution in [3.63, 3.8) is 0 Å². The molecule has 0 aliphatic rings. The highest BCUT2D eigenvalue weighted by molar-refractivity contribution is 5.79. The predicted octanol–water partition coefficient (Wildman–Crippen LogP) is 2.90. The molecule has 1 atom stereocenters. The van der Waals surface area contributed by atoms with Crippen LogP contribution in [-0.2, 0) is 11.3 Å². The number of hydrogen-bond acceptors (Lipinski definition) is 5.